The molecule has 0 unspecified atom stereocenters. The summed E-state index contributed by atoms with van der Waals surface area (Å²) in [5, 5.41) is 4.26. The lowest BCUT2D eigenvalue weighted by Gasteiger charge is -2.03. The number of amides is 1. The second-order valence-electron chi connectivity index (χ2n) is 7.06. The number of aromatic nitrogens is 1. The van der Waals surface area contributed by atoms with Gasteiger partial charge in [-0.15, -0.1) is 0 Å². The number of furan rings is 1. The van der Waals surface area contributed by atoms with Crippen molar-refractivity contribution >= 4 is 45.3 Å². The Morgan fingerprint density at radius 1 is 1.03 bits per heavy atom. The summed E-state index contributed by atoms with van der Waals surface area (Å²) in [5.41, 5.74) is 4.01. The maximum Gasteiger partial charge on any atom is 0.291 e. The highest BCUT2D eigenvalue weighted by molar-refractivity contribution is 6.32. The number of para-hydroxylation sites is 1. The van der Waals surface area contributed by atoms with E-state index in [0.29, 0.717) is 39.0 Å². The topological polar surface area (TPSA) is 77.5 Å². The van der Waals surface area contributed by atoms with Crippen LogP contribution in [-0.4, -0.2) is 18.0 Å². The number of ether oxygens (including phenoxy) is 1. The lowest BCUT2D eigenvalue weighted by molar-refractivity contribution is 0.0998. The van der Waals surface area contributed by atoms with Gasteiger partial charge in [-0.05, 0) is 49.4 Å². The third-order valence-electron chi connectivity index (χ3n) is 5.09. The molecule has 7 heteroatoms. The average Bonchev–Trinajstić information content (AvgIpc) is 3.35. The van der Waals surface area contributed by atoms with E-state index in [1.165, 1.54) is 0 Å². The Bertz CT molecular complexity index is 1450. The Balaban J connectivity index is 1.44. The normalized spacial score (nSPS) is 11.2. The van der Waals surface area contributed by atoms with Crippen molar-refractivity contribution in [1.82, 2.24) is 4.98 Å². The van der Waals surface area contributed by atoms with E-state index in [2.05, 4.69) is 10.3 Å². The smallest absolute Gasteiger partial charge is 0.291 e. The number of carbonyl (C=O) groups excluding carboxylic acids is 1. The van der Waals surface area contributed by atoms with E-state index in [4.69, 9.17) is 25.2 Å². The number of halogens is 1. The Morgan fingerprint density at radius 2 is 1.87 bits per heavy atom. The van der Waals surface area contributed by atoms with Gasteiger partial charge in [0.25, 0.3) is 5.91 Å². The van der Waals surface area contributed by atoms with Gasteiger partial charge in [-0.25, -0.2) is 4.98 Å². The maximum atomic E-state index is 12.8. The fourth-order valence-corrected chi connectivity index (χ4v) is 3.76. The molecule has 5 aromatic rings. The quantitative estimate of drug-likeness (QED) is 0.352. The van der Waals surface area contributed by atoms with Crippen LogP contribution in [0, 0.1) is 6.92 Å². The zero-order valence-corrected chi connectivity index (χ0v) is 17.5. The Labute approximate surface area is 182 Å². The van der Waals surface area contributed by atoms with E-state index in [9.17, 15) is 4.79 Å². The van der Waals surface area contributed by atoms with Gasteiger partial charge in [0.2, 0.25) is 5.89 Å². The summed E-state index contributed by atoms with van der Waals surface area (Å²) in [4.78, 5) is 17.3. The zero-order valence-electron chi connectivity index (χ0n) is 16.7. The van der Waals surface area contributed by atoms with Gasteiger partial charge >= 0.3 is 0 Å². The van der Waals surface area contributed by atoms with Crippen molar-refractivity contribution in [2.75, 3.05) is 12.4 Å². The lowest BCUT2D eigenvalue weighted by atomic mass is 10.1. The fourth-order valence-electron chi connectivity index (χ4n) is 3.51. The SMILES string of the molecule is COc1ccc(-c2nc3cc(NC(=O)c4oc5ccccc5c4C)ccc3o2)cc1Cl. The van der Waals surface area contributed by atoms with E-state index in [1.54, 1.807) is 37.4 Å². The standard InChI is InChI=1S/C24H17ClN2O4/c1-13-16-5-3-4-6-19(16)30-22(13)23(28)26-15-8-10-21-18(12-15)27-24(31-21)14-7-9-20(29-2)17(25)11-14/h3-12H,1-2H3,(H,26,28). The number of nitrogens with zero attached hydrogens (tertiary/aromatic N) is 1. The number of hydrogen-bond acceptors (Lipinski definition) is 5. The van der Waals surface area contributed by atoms with Crippen LogP contribution in [0.15, 0.2) is 69.5 Å². The minimum absolute atomic E-state index is 0.287. The van der Waals surface area contributed by atoms with Gasteiger partial charge in [-0.3, -0.25) is 4.79 Å². The third kappa shape index (κ3) is 3.41. The van der Waals surface area contributed by atoms with Crippen LogP contribution in [0.4, 0.5) is 5.69 Å². The van der Waals surface area contributed by atoms with Gasteiger partial charge in [0.05, 0.1) is 12.1 Å². The number of methoxy groups -OCH3 is 1. The molecule has 0 aliphatic carbocycles. The van der Waals surface area contributed by atoms with Crippen molar-refractivity contribution in [2.45, 2.75) is 6.92 Å². The number of hydrogen-bond donors (Lipinski definition) is 1. The highest BCUT2D eigenvalue weighted by Gasteiger charge is 2.18. The predicted molar refractivity (Wildman–Crippen MR) is 120 cm³/mol. The molecule has 154 valence electrons. The first-order chi connectivity index (χ1) is 15.0. The van der Waals surface area contributed by atoms with Gasteiger partial charge in [-0.1, -0.05) is 29.8 Å². The average molecular weight is 433 g/mol. The van der Waals surface area contributed by atoms with E-state index in [0.717, 1.165) is 16.5 Å². The molecule has 6 nitrogen and oxygen atoms in total. The molecule has 0 atom stereocenters. The van der Waals surface area contributed by atoms with Crippen LogP contribution >= 0.6 is 11.6 Å². The van der Waals surface area contributed by atoms with Crippen LogP contribution in [0.3, 0.4) is 0 Å². The molecule has 1 N–H and O–H groups in total. The van der Waals surface area contributed by atoms with Gasteiger partial charge in [0.15, 0.2) is 11.3 Å². The summed E-state index contributed by atoms with van der Waals surface area (Å²) in [5.74, 6) is 0.970. The Morgan fingerprint density at radius 3 is 2.65 bits per heavy atom. The molecule has 0 saturated carbocycles. The van der Waals surface area contributed by atoms with Gasteiger partial charge in [0, 0.05) is 22.2 Å². The molecule has 0 radical (unpaired) electrons. The second-order valence-corrected chi connectivity index (χ2v) is 7.46. The lowest BCUT2D eigenvalue weighted by Crippen LogP contribution is -2.12. The van der Waals surface area contributed by atoms with Crippen molar-refractivity contribution < 1.29 is 18.4 Å². The van der Waals surface area contributed by atoms with Crippen LogP contribution in [0.25, 0.3) is 33.5 Å². The second kappa shape index (κ2) is 7.49. The van der Waals surface area contributed by atoms with Gasteiger partial charge in [-0.2, -0.15) is 0 Å². The number of rotatable bonds is 4. The molecule has 0 spiro atoms. The van der Waals surface area contributed by atoms with E-state index in [-0.39, 0.29) is 11.7 Å². The van der Waals surface area contributed by atoms with Crippen LogP contribution in [0.2, 0.25) is 5.02 Å². The maximum absolute atomic E-state index is 12.8. The highest BCUT2D eigenvalue weighted by Crippen LogP contribution is 2.32. The molecule has 3 aromatic carbocycles. The van der Waals surface area contributed by atoms with E-state index in [1.807, 2.05) is 37.3 Å². The predicted octanol–water partition coefficient (Wildman–Crippen LogP) is 6.46. The summed E-state index contributed by atoms with van der Waals surface area (Å²) in [6, 6.07) is 18.1. The summed E-state index contributed by atoms with van der Waals surface area (Å²) < 4.78 is 16.8. The van der Waals surface area contributed by atoms with Gasteiger partial charge < -0.3 is 18.9 Å². The summed E-state index contributed by atoms with van der Waals surface area (Å²) >= 11 is 6.21. The minimum atomic E-state index is -0.321. The molecular weight excluding hydrogens is 416 g/mol. The molecule has 0 saturated heterocycles. The molecule has 0 aliphatic heterocycles. The molecule has 0 aliphatic rings. The number of fused-ring (bicyclic) bond motifs is 2. The van der Waals surface area contributed by atoms with E-state index >= 15 is 0 Å². The summed E-state index contributed by atoms with van der Waals surface area (Å²) in [7, 11) is 1.56. The van der Waals surface area contributed by atoms with Gasteiger partial charge in [0.1, 0.15) is 16.8 Å². The molecule has 2 aromatic heterocycles. The number of anilines is 1. The molecule has 0 fully saturated rings. The molecule has 1 amide bonds. The number of oxazole rings is 1. The van der Waals surface area contributed by atoms with Crippen molar-refractivity contribution in [2.24, 2.45) is 0 Å². The first-order valence-corrected chi connectivity index (χ1v) is 9.95. The number of benzene rings is 3. The number of aryl methyl sites for hydroxylation is 1. The summed E-state index contributed by atoms with van der Waals surface area (Å²) in [6.07, 6.45) is 0. The highest BCUT2D eigenvalue weighted by atomic mass is 35.5. The van der Waals surface area contributed by atoms with Crippen molar-refractivity contribution in [3.63, 3.8) is 0 Å². The van der Waals surface area contributed by atoms with Crippen molar-refractivity contribution in [1.29, 1.82) is 0 Å². The van der Waals surface area contributed by atoms with Crippen molar-refractivity contribution in [3.05, 3.63) is 77.0 Å². The van der Waals surface area contributed by atoms with Crippen LogP contribution in [-0.2, 0) is 0 Å². The molecule has 31 heavy (non-hydrogen) atoms. The minimum Gasteiger partial charge on any atom is -0.495 e. The Hall–Kier alpha value is -3.77. The fraction of sp³-hybridized carbons (Fsp3) is 0.0833. The Kier molecular flexibility index (Phi) is 4.64. The van der Waals surface area contributed by atoms with Crippen molar-refractivity contribution in [3.8, 4) is 17.2 Å². The molecule has 2 heterocycles. The van der Waals surface area contributed by atoms with Crippen LogP contribution in [0.5, 0.6) is 5.75 Å². The number of nitrogens with one attached hydrogen (secondary N) is 1. The zero-order chi connectivity index (χ0) is 21.5. The molecule has 5 rings (SSSR count). The summed E-state index contributed by atoms with van der Waals surface area (Å²) in [6.45, 7) is 1.87. The number of carbonyl (C=O) groups is 1. The van der Waals surface area contributed by atoms with Crippen LogP contribution < -0.4 is 10.1 Å². The first-order valence-electron chi connectivity index (χ1n) is 9.57. The first kappa shape index (κ1) is 19.2. The molecule has 0 bridgehead atoms. The largest absolute Gasteiger partial charge is 0.495 e. The third-order valence-corrected chi connectivity index (χ3v) is 5.39. The molecular formula is C24H17ClN2O4. The van der Waals surface area contributed by atoms with E-state index < -0.39 is 0 Å². The van der Waals surface area contributed by atoms with Crippen LogP contribution in [0.1, 0.15) is 16.1 Å². The monoisotopic (exact) mass is 432 g/mol.